The molecule has 130 valence electrons. The molecule has 2 aromatic rings. The number of hydrogen-bond donors (Lipinski definition) is 1. The van der Waals surface area contributed by atoms with Crippen molar-refractivity contribution in [3.63, 3.8) is 0 Å². The van der Waals surface area contributed by atoms with Crippen LogP contribution in [0.5, 0.6) is 17.2 Å². The fourth-order valence-electron chi connectivity index (χ4n) is 3.22. The van der Waals surface area contributed by atoms with Gasteiger partial charge in [0.1, 0.15) is 13.2 Å². The Balaban J connectivity index is 1.77. The number of rotatable bonds is 5. The molecule has 0 saturated heterocycles. The molecule has 0 saturated carbocycles. The van der Waals surface area contributed by atoms with Crippen molar-refractivity contribution in [3.8, 4) is 17.2 Å². The number of methoxy groups -OCH3 is 1. The lowest BCUT2D eigenvalue weighted by atomic mass is 10.1. The quantitative estimate of drug-likeness (QED) is 0.913. The number of aromatic nitrogens is 2. The van der Waals surface area contributed by atoms with Gasteiger partial charge < -0.3 is 19.5 Å². The average molecular weight is 331 g/mol. The first-order valence-corrected chi connectivity index (χ1v) is 8.21. The first-order valence-electron chi connectivity index (χ1n) is 8.21. The minimum atomic E-state index is 0.206. The van der Waals surface area contributed by atoms with E-state index in [2.05, 4.69) is 24.3 Å². The van der Waals surface area contributed by atoms with Crippen molar-refractivity contribution in [3.05, 3.63) is 34.6 Å². The molecule has 1 N–H and O–H groups in total. The molecule has 1 aliphatic heterocycles. The monoisotopic (exact) mass is 331 g/mol. The normalized spacial score (nSPS) is 14.5. The van der Waals surface area contributed by atoms with Crippen molar-refractivity contribution in [1.29, 1.82) is 0 Å². The summed E-state index contributed by atoms with van der Waals surface area (Å²) in [6, 6.07) is 4.22. The highest BCUT2D eigenvalue weighted by atomic mass is 16.6. The Kier molecular flexibility index (Phi) is 4.66. The zero-order valence-corrected chi connectivity index (χ0v) is 15.0. The summed E-state index contributed by atoms with van der Waals surface area (Å²) in [5, 5.41) is 8.05. The molecule has 6 heteroatoms. The number of ether oxygens (including phenoxy) is 3. The lowest BCUT2D eigenvalue weighted by Crippen LogP contribution is -2.20. The summed E-state index contributed by atoms with van der Waals surface area (Å²) in [6.07, 6.45) is 0. The van der Waals surface area contributed by atoms with Crippen LogP contribution in [0.3, 0.4) is 0 Å². The Labute approximate surface area is 142 Å². The van der Waals surface area contributed by atoms with Crippen LogP contribution in [0.15, 0.2) is 12.1 Å². The molecule has 1 aromatic carbocycles. The van der Waals surface area contributed by atoms with Gasteiger partial charge >= 0.3 is 0 Å². The topological polar surface area (TPSA) is 57.5 Å². The standard InChI is InChI=1S/C18H25N3O3/c1-11(17-12(2)20-21(4)13(17)3)19-10-14-8-15(22-5)18-16(9-14)23-6-7-24-18/h8-9,11,19H,6-7,10H2,1-5H3/t11-/m0/s1. The third kappa shape index (κ3) is 3.06. The number of nitrogens with one attached hydrogen (secondary N) is 1. The second-order valence-corrected chi connectivity index (χ2v) is 6.13. The second-order valence-electron chi connectivity index (χ2n) is 6.13. The van der Waals surface area contributed by atoms with E-state index in [4.69, 9.17) is 14.2 Å². The maximum atomic E-state index is 5.69. The highest BCUT2D eigenvalue weighted by Crippen LogP contribution is 2.40. The predicted molar refractivity (Wildman–Crippen MR) is 91.9 cm³/mol. The van der Waals surface area contributed by atoms with Crippen LogP contribution < -0.4 is 19.5 Å². The van der Waals surface area contributed by atoms with E-state index in [9.17, 15) is 0 Å². The Morgan fingerprint density at radius 3 is 2.71 bits per heavy atom. The third-order valence-electron chi connectivity index (χ3n) is 4.50. The third-order valence-corrected chi connectivity index (χ3v) is 4.50. The zero-order chi connectivity index (χ0) is 17.3. The summed E-state index contributed by atoms with van der Waals surface area (Å²) < 4.78 is 18.7. The van der Waals surface area contributed by atoms with Crippen molar-refractivity contribution >= 4 is 0 Å². The number of aryl methyl sites for hydroxylation is 2. The highest BCUT2D eigenvalue weighted by Gasteiger charge is 2.20. The Morgan fingerprint density at radius 1 is 1.29 bits per heavy atom. The Morgan fingerprint density at radius 2 is 2.04 bits per heavy atom. The van der Waals surface area contributed by atoms with Gasteiger partial charge in [0.2, 0.25) is 5.75 Å². The van der Waals surface area contributed by atoms with E-state index in [1.54, 1.807) is 7.11 Å². The molecule has 6 nitrogen and oxygen atoms in total. The van der Waals surface area contributed by atoms with Crippen molar-refractivity contribution in [2.45, 2.75) is 33.4 Å². The van der Waals surface area contributed by atoms with Gasteiger partial charge in [-0.15, -0.1) is 0 Å². The fourth-order valence-corrected chi connectivity index (χ4v) is 3.22. The van der Waals surface area contributed by atoms with Gasteiger partial charge in [-0.2, -0.15) is 5.10 Å². The maximum Gasteiger partial charge on any atom is 0.203 e. The van der Waals surface area contributed by atoms with Crippen LogP contribution in [0.1, 0.15) is 35.5 Å². The van der Waals surface area contributed by atoms with Gasteiger partial charge in [0, 0.05) is 30.9 Å². The Bertz CT molecular complexity index is 722. The van der Waals surface area contributed by atoms with Gasteiger partial charge in [0.15, 0.2) is 11.5 Å². The molecule has 1 aliphatic rings. The lowest BCUT2D eigenvalue weighted by molar-refractivity contribution is 0.165. The van der Waals surface area contributed by atoms with Crippen LogP contribution in [-0.4, -0.2) is 30.1 Å². The van der Waals surface area contributed by atoms with Gasteiger partial charge in [-0.3, -0.25) is 4.68 Å². The smallest absolute Gasteiger partial charge is 0.203 e. The molecule has 24 heavy (non-hydrogen) atoms. The van der Waals surface area contributed by atoms with Gasteiger partial charge in [0.25, 0.3) is 0 Å². The predicted octanol–water partition coefficient (Wildman–Crippen LogP) is 2.67. The minimum absolute atomic E-state index is 0.206. The Hall–Kier alpha value is -2.21. The van der Waals surface area contributed by atoms with E-state index in [-0.39, 0.29) is 6.04 Å². The van der Waals surface area contributed by atoms with E-state index in [1.165, 1.54) is 11.3 Å². The molecule has 0 amide bonds. The van der Waals surface area contributed by atoms with E-state index in [1.807, 2.05) is 30.8 Å². The van der Waals surface area contributed by atoms with E-state index >= 15 is 0 Å². The summed E-state index contributed by atoms with van der Waals surface area (Å²) in [5.41, 5.74) is 4.60. The summed E-state index contributed by atoms with van der Waals surface area (Å²) in [5.74, 6) is 2.16. The highest BCUT2D eigenvalue weighted by molar-refractivity contribution is 5.54. The van der Waals surface area contributed by atoms with Crippen LogP contribution in [0.2, 0.25) is 0 Å². The number of benzene rings is 1. The van der Waals surface area contributed by atoms with Crippen LogP contribution in [0.25, 0.3) is 0 Å². The first kappa shape index (κ1) is 16.6. The van der Waals surface area contributed by atoms with Crippen molar-refractivity contribution < 1.29 is 14.2 Å². The largest absolute Gasteiger partial charge is 0.493 e. The van der Waals surface area contributed by atoms with Crippen LogP contribution in [0, 0.1) is 13.8 Å². The molecule has 1 atom stereocenters. The summed E-state index contributed by atoms with van der Waals surface area (Å²) >= 11 is 0. The van der Waals surface area contributed by atoms with Crippen molar-refractivity contribution in [1.82, 2.24) is 15.1 Å². The van der Waals surface area contributed by atoms with E-state index in [0.29, 0.717) is 31.3 Å². The molecule has 0 spiro atoms. The lowest BCUT2D eigenvalue weighted by Gasteiger charge is -2.22. The molecule has 0 bridgehead atoms. The van der Waals surface area contributed by atoms with Gasteiger partial charge in [-0.05, 0) is 38.5 Å². The van der Waals surface area contributed by atoms with Crippen LogP contribution in [0.4, 0.5) is 0 Å². The van der Waals surface area contributed by atoms with Crippen LogP contribution >= 0.6 is 0 Å². The molecular formula is C18H25N3O3. The van der Waals surface area contributed by atoms with E-state index in [0.717, 1.165) is 17.0 Å². The van der Waals surface area contributed by atoms with Crippen LogP contribution in [-0.2, 0) is 13.6 Å². The summed E-state index contributed by atoms with van der Waals surface area (Å²) in [7, 11) is 3.63. The first-order chi connectivity index (χ1) is 11.5. The van der Waals surface area contributed by atoms with E-state index < -0.39 is 0 Å². The molecule has 0 radical (unpaired) electrons. The zero-order valence-electron chi connectivity index (χ0n) is 15.0. The summed E-state index contributed by atoms with van der Waals surface area (Å²) in [6.45, 7) is 8.14. The number of hydrogen-bond acceptors (Lipinski definition) is 5. The maximum absolute atomic E-state index is 5.69. The average Bonchev–Trinajstić information content (AvgIpc) is 2.84. The number of nitrogens with zero attached hydrogens (tertiary/aromatic N) is 2. The SMILES string of the molecule is COc1cc(CN[C@@H](C)c2c(C)nn(C)c2C)cc2c1OCCO2. The molecule has 0 unspecified atom stereocenters. The molecule has 0 aliphatic carbocycles. The molecular weight excluding hydrogens is 306 g/mol. The minimum Gasteiger partial charge on any atom is -0.493 e. The van der Waals surface area contributed by atoms with Crippen molar-refractivity contribution in [2.75, 3.05) is 20.3 Å². The van der Waals surface area contributed by atoms with Gasteiger partial charge in [-0.25, -0.2) is 0 Å². The molecule has 0 fully saturated rings. The summed E-state index contributed by atoms with van der Waals surface area (Å²) in [4.78, 5) is 0. The second kappa shape index (κ2) is 6.73. The van der Waals surface area contributed by atoms with Gasteiger partial charge in [0.05, 0.1) is 12.8 Å². The van der Waals surface area contributed by atoms with Crippen molar-refractivity contribution in [2.24, 2.45) is 7.05 Å². The number of fused-ring (bicyclic) bond motifs is 1. The molecule has 1 aromatic heterocycles. The molecule has 3 rings (SSSR count). The van der Waals surface area contributed by atoms with Gasteiger partial charge in [-0.1, -0.05) is 0 Å². The fraction of sp³-hybridized carbons (Fsp3) is 0.500. The molecule has 2 heterocycles.